The van der Waals surface area contributed by atoms with E-state index in [0.29, 0.717) is 18.9 Å². The monoisotopic (exact) mass is 458 g/mol. The molecule has 10 heteroatoms. The van der Waals surface area contributed by atoms with E-state index in [2.05, 4.69) is 20.6 Å². The smallest absolute Gasteiger partial charge is 0.261 e. The third-order valence-corrected chi connectivity index (χ3v) is 6.45. The van der Waals surface area contributed by atoms with E-state index in [1.54, 1.807) is 43.2 Å². The van der Waals surface area contributed by atoms with Crippen molar-refractivity contribution in [3.63, 3.8) is 0 Å². The third kappa shape index (κ3) is 3.15. The summed E-state index contributed by atoms with van der Waals surface area (Å²) in [6.07, 6.45) is 4.60. The minimum Gasteiger partial charge on any atom is -0.362 e. The zero-order chi connectivity index (χ0) is 22.6. The van der Waals surface area contributed by atoms with Crippen LogP contribution in [0.3, 0.4) is 0 Å². The van der Waals surface area contributed by atoms with E-state index in [1.165, 1.54) is 17.2 Å². The number of fused-ring (bicyclic) bond motifs is 1. The summed E-state index contributed by atoms with van der Waals surface area (Å²) < 4.78 is 32.9. The molecule has 2 aliphatic rings. The van der Waals surface area contributed by atoms with E-state index in [-0.39, 0.29) is 40.1 Å². The molecule has 7 nitrogen and oxygen atoms in total. The average Bonchev–Trinajstić information content (AvgIpc) is 3.16. The quantitative estimate of drug-likeness (QED) is 0.628. The van der Waals surface area contributed by atoms with Crippen LogP contribution < -0.4 is 15.5 Å². The first-order chi connectivity index (χ1) is 15.3. The number of hydrogen-bond donors (Lipinski definition) is 2. The van der Waals surface area contributed by atoms with Gasteiger partial charge in [-0.3, -0.25) is 9.69 Å². The molecule has 1 atom stereocenters. The second-order valence-corrected chi connectivity index (χ2v) is 8.84. The lowest BCUT2D eigenvalue weighted by Gasteiger charge is -2.41. The Morgan fingerprint density at radius 1 is 1.25 bits per heavy atom. The Morgan fingerprint density at radius 2 is 2.03 bits per heavy atom. The number of carbonyl (C=O) groups excluding carboxylic acids is 1. The Bertz CT molecular complexity index is 1230. The first-order valence-corrected chi connectivity index (χ1v) is 10.6. The number of imidazole rings is 1. The number of anilines is 2. The summed E-state index contributed by atoms with van der Waals surface area (Å²) in [5.41, 5.74) is -0.878. The number of aryl methyl sites for hydroxylation is 1. The summed E-state index contributed by atoms with van der Waals surface area (Å²) in [6.45, 7) is 3.06. The maximum Gasteiger partial charge on any atom is 0.261 e. The Morgan fingerprint density at radius 3 is 2.69 bits per heavy atom. The highest BCUT2D eigenvalue weighted by Crippen LogP contribution is 2.44. The molecule has 5 rings (SSSR count). The standard InChI is InChI=1S/C22H21ClF2N6O/c1-22(14-4-3-5-15(23)18(14)24)10-31(16-9-30(2)11-28-16)21(32)13-8-27-20(19(25)17(13)22)29-12-6-26-7-12/h3-5,8-9,11-12,26H,6-7,10H2,1-2H3,(H,27,29)/t22-/m1/s1. The fourth-order valence-electron chi connectivity index (χ4n) is 4.36. The molecule has 1 aromatic carbocycles. The highest BCUT2D eigenvalue weighted by Gasteiger charge is 2.47. The van der Waals surface area contributed by atoms with Crippen LogP contribution in [0, 0.1) is 11.6 Å². The molecule has 0 bridgehead atoms. The number of halogens is 3. The summed E-state index contributed by atoms with van der Waals surface area (Å²) in [6, 6.07) is 4.66. The van der Waals surface area contributed by atoms with E-state index in [0.717, 1.165) is 0 Å². The molecule has 1 fully saturated rings. The van der Waals surface area contributed by atoms with Crippen molar-refractivity contribution in [2.24, 2.45) is 7.05 Å². The van der Waals surface area contributed by atoms with Crippen LogP contribution in [0.5, 0.6) is 0 Å². The maximum atomic E-state index is 15.9. The molecule has 0 aliphatic carbocycles. The molecule has 2 aliphatic heterocycles. The van der Waals surface area contributed by atoms with Gasteiger partial charge in [-0.1, -0.05) is 23.7 Å². The van der Waals surface area contributed by atoms with Crippen molar-refractivity contribution in [1.82, 2.24) is 19.9 Å². The van der Waals surface area contributed by atoms with Crippen molar-refractivity contribution in [2.75, 3.05) is 29.9 Å². The Kier molecular flexibility index (Phi) is 4.90. The molecular formula is C22H21ClF2N6O. The van der Waals surface area contributed by atoms with E-state index < -0.39 is 23.0 Å². The summed E-state index contributed by atoms with van der Waals surface area (Å²) >= 11 is 6.08. The SMILES string of the molecule is Cn1cnc(N2C[C@](C)(c3cccc(Cl)c3F)c3c(cnc(NC4CNC4)c3F)C2=O)c1. The second-order valence-electron chi connectivity index (χ2n) is 8.43. The molecule has 2 aromatic heterocycles. The van der Waals surface area contributed by atoms with Crippen LogP contribution >= 0.6 is 11.6 Å². The van der Waals surface area contributed by atoms with Crippen LogP contribution in [-0.2, 0) is 12.5 Å². The predicted molar refractivity (Wildman–Crippen MR) is 117 cm³/mol. The van der Waals surface area contributed by atoms with E-state index in [4.69, 9.17) is 11.6 Å². The van der Waals surface area contributed by atoms with Crippen LogP contribution in [0.2, 0.25) is 5.02 Å². The van der Waals surface area contributed by atoms with Gasteiger partial charge >= 0.3 is 0 Å². The van der Waals surface area contributed by atoms with Gasteiger partial charge in [0.1, 0.15) is 5.82 Å². The van der Waals surface area contributed by atoms with Crippen molar-refractivity contribution in [1.29, 1.82) is 0 Å². The van der Waals surface area contributed by atoms with Crippen molar-refractivity contribution in [2.45, 2.75) is 18.4 Å². The summed E-state index contributed by atoms with van der Waals surface area (Å²) in [4.78, 5) is 23.3. The summed E-state index contributed by atoms with van der Waals surface area (Å²) in [5.74, 6) is -1.32. The molecular weight excluding hydrogens is 438 g/mol. The van der Waals surface area contributed by atoms with Gasteiger partial charge in [0, 0.05) is 55.6 Å². The lowest BCUT2D eigenvalue weighted by molar-refractivity contribution is 0.0968. The molecule has 0 spiro atoms. The van der Waals surface area contributed by atoms with E-state index in [9.17, 15) is 4.79 Å². The van der Waals surface area contributed by atoms with Gasteiger partial charge in [-0.15, -0.1) is 0 Å². The number of nitrogens with zero attached hydrogens (tertiary/aromatic N) is 4. The summed E-state index contributed by atoms with van der Waals surface area (Å²) in [7, 11) is 1.78. The molecule has 3 aromatic rings. The first kappa shape index (κ1) is 20.8. The molecule has 2 N–H and O–H groups in total. The van der Waals surface area contributed by atoms with Crippen molar-refractivity contribution in [3.8, 4) is 0 Å². The highest BCUT2D eigenvalue weighted by molar-refractivity contribution is 6.30. The molecule has 32 heavy (non-hydrogen) atoms. The van der Waals surface area contributed by atoms with Gasteiger partial charge in [0.25, 0.3) is 5.91 Å². The van der Waals surface area contributed by atoms with Gasteiger partial charge in [0.2, 0.25) is 0 Å². The highest BCUT2D eigenvalue weighted by atomic mass is 35.5. The minimum absolute atomic E-state index is 0.0154. The number of nitrogens with one attached hydrogen (secondary N) is 2. The molecule has 166 valence electrons. The molecule has 0 radical (unpaired) electrons. The van der Waals surface area contributed by atoms with Crippen molar-refractivity contribution in [3.05, 3.63) is 70.3 Å². The van der Waals surface area contributed by atoms with Gasteiger partial charge in [-0.05, 0) is 13.0 Å². The van der Waals surface area contributed by atoms with Gasteiger partial charge in [0.05, 0.1) is 23.0 Å². The number of hydrogen-bond acceptors (Lipinski definition) is 5. The van der Waals surface area contributed by atoms with Crippen molar-refractivity contribution < 1.29 is 13.6 Å². The topological polar surface area (TPSA) is 75.1 Å². The number of amides is 1. The largest absolute Gasteiger partial charge is 0.362 e. The van der Waals surface area contributed by atoms with Gasteiger partial charge < -0.3 is 15.2 Å². The van der Waals surface area contributed by atoms with Crippen LogP contribution in [0.4, 0.5) is 20.4 Å². The van der Waals surface area contributed by atoms with Crippen LogP contribution in [0.15, 0.2) is 36.9 Å². The number of pyridine rings is 1. The number of benzene rings is 1. The van der Waals surface area contributed by atoms with Crippen LogP contribution in [0.25, 0.3) is 0 Å². The zero-order valence-electron chi connectivity index (χ0n) is 17.5. The Hall–Kier alpha value is -3.04. The number of aromatic nitrogens is 3. The number of rotatable bonds is 4. The Balaban J connectivity index is 1.72. The fourth-order valence-corrected chi connectivity index (χ4v) is 4.53. The zero-order valence-corrected chi connectivity index (χ0v) is 18.2. The lowest BCUT2D eigenvalue weighted by Crippen LogP contribution is -2.52. The van der Waals surface area contributed by atoms with Crippen LogP contribution in [0.1, 0.15) is 28.4 Å². The minimum atomic E-state index is -1.24. The summed E-state index contributed by atoms with van der Waals surface area (Å²) in [5, 5.41) is 6.10. The van der Waals surface area contributed by atoms with E-state index in [1.807, 2.05) is 0 Å². The molecule has 4 heterocycles. The van der Waals surface area contributed by atoms with Crippen LogP contribution in [-0.4, -0.2) is 46.1 Å². The van der Waals surface area contributed by atoms with Gasteiger partial charge in [-0.2, -0.15) is 0 Å². The van der Waals surface area contributed by atoms with Crippen molar-refractivity contribution >= 4 is 29.1 Å². The number of carbonyl (C=O) groups is 1. The predicted octanol–water partition coefficient (Wildman–Crippen LogP) is 3.10. The molecule has 1 amide bonds. The average molecular weight is 459 g/mol. The van der Waals surface area contributed by atoms with E-state index >= 15 is 8.78 Å². The molecule has 0 unspecified atom stereocenters. The van der Waals surface area contributed by atoms with Gasteiger partial charge in [-0.25, -0.2) is 18.7 Å². The fraction of sp³-hybridized carbons (Fsp3) is 0.318. The molecule has 1 saturated heterocycles. The Labute approximate surface area is 188 Å². The molecule has 0 saturated carbocycles. The lowest BCUT2D eigenvalue weighted by atomic mass is 9.71. The second kappa shape index (κ2) is 7.53. The third-order valence-electron chi connectivity index (χ3n) is 6.16. The maximum absolute atomic E-state index is 15.9. The van der Waals surface area contributed by atoms with Gasteiger partial charge in [0.15, 0.2) is 17.5 Å². The first-order valence-electron chi connectivity index (χ1n) is 10.2. The normalized spacial score (nSPS) is 20.8.